The Bertz CT molecular complexity index is 529. The van der Waals surface area contributed by atoms with Gasteiger partial charge >= 0.3 is 0 Å². The molecule has 0 saturated heterocycles. The summed E-state index contributed by atoms with van der Waals surface area (Å²) >= 11 is 0. The lowest BCUT2D eigenvalue weighted by atomic mass is 10.1. The van der Waals surface area contributed by atoms with Crippen molar-refractivity contribution in [2.24, 2.45) is 11.5 Å². The number of rotatable bonds is 3. The largest absolute Gasteiger partial charge is 0.329 e. The Morgan fingerprint density at radius 2 is 1.88 bits per heavy atom. The number of halogens is 1. The van der Waals surface area contributed by atoms with E-state index < -0.39 is 20.6 Å². The van der Waals surface area contributed by atoms with Crippen molar-refractivity contribution >= 4 is 9.84 Å². The van der Waals surface area contributed by atoms with Crippen molar-refractivity contribution in [2.75, 3.05) is 12.8 Å². The fraction of sp³-hybridized carbons (Fsp3) is 0.455. The van der Waals surface area contributed by atoms with Crippen LogP contribution in [0.4, 0.5) is 4.39 Å². The fourth-order valence-corrected chi connectivity index (χ4v) is 4.33. The number of benzene rings is 1. The first-order valence-electron chi connectivity index (χ1n) is 5.24. The molecular weight excluding hydrogens is 243 g/mol. The minimum atomic E-state index is -3.26. The van der Waals surface area contributed by atoms with Crippen LogP contribution in [0.25, 0.3) is 0 Å². The van der Waals surface area contributed by atoms with Crippen LogP contribution in [0.3, 0.4) is 0 Å². The molecule has 4 nitrogen and oxygen atoms in total. The number of sulfone groups is 1. The Hall–Kier alpha value is -0.980. The molecule has 1 aromatic rings. The van der Waals surface area contributed by atoms with Crippen LogP contribution in [-0.4, -0.2) is 32.0 Å². The zero-order valence-electron chi connectivity index (χ0n) is 9.43. The Labute approximate surface area is 99.7 Å². The van der Waals surface area contributed by atoms with Gasteiger partial charge in [0.25, 0.3) is 0 Å². The molecule has 1 fully saturated rings. The van der Waals surface area contributed by atoms with Crippen molar-refractivity contribution in [3.05, 3.63) is 35.6 Å². The maximum absolute atomic E-state index is 12.8. The molecule has 17 heavy (non-hydrogen) atoms. The standard InChI is InChI=1S/C11H15FN2O2S/c1-17(15,16)10-9(11(10,14)6-13)7-2-4-8(12)5-3-7/h2-5,9-10H,6,13-14H2,1H3/t9-,10-,11+/m1/s1. The highest BCUT2D eigenvalue weighted by molar-refractivity contribution is 7.91. The summed E-state index contributed by atoms with van der Waals surface area (Å²) in [7, 11) is -3.26. The molecule has 0 aliphatic heterocycles. The van der Waals surface area contributed by atoms with Gasteiger partial charge in [0.05, 0.1) is 10.8 Å². The molecule has 1 saturated carbocycles. The highest BCUT2D eigenvalue weighted by Crippen LogP contribution is 2.53. The van der Waals surface area contributed by atoms with Gasteiger partial charge in [-0.3, -0.25) is 0 Å². The van der Waals surface area contributed by atoms with Crippen LogP contribution in [0, 0.1) is 5.82 Å². The smallest absolute Gasteiger partial charge is 0.152 e. The lowest BCUT2D eigenvalue weighted by Crippen LogP contribution is -2.38. The monoisotopic (exact) mass is 258 g/mol. The van der Waals surface area contributed by atoms with E-state index in [4.69, 9.17) is 11.5 Å². The summed E-state index contributed by atoms with van der Waals surface area (Å²) in [6, 6.07) is 5.71. The van der Waals surface area contributed by atoms with Gasteiger partial charge in [-0.15, -0.1) is 0 Å². The van der Waals surface area contributed by atoms with Gasteiger partial charge in [0.1, 0.15) is 5.82 Å². The number of hydrogen-bond donors (Lipinski definition) is 2. The van der Waals surface area contributed by atoms with E-state index in [2.05, 4.69) is 0 Å². The van der Waals surface area contributed by atoms with Crippen LogP contribution < -0.4 is 11.5 Å². The van der Waals surface area contributed by atoms with Gasteiger partial charge in [0.2, 0.25) is 0 Å². The summed E-state index contributed by atoms with van der Waals surface area (Å²) in [5, 5.41) is -0.675. The highest BCUT2D eigenvalue weighted by atomic mass is 32.2. The zero-order valence-corrected chi connectivity index (χ0v) is 10.2. The summed E-state index contributed by atoms with van der Waals surface area (Å²) in [5.41, 5.74) is 11.3. The van der Waals surface area contributed by atoms with Crippen LogP contribution in [-0.2, 0) is 9.84 Å². The maximum Gasteiger partial charge on any atom is 0.152 e. The van der Waals surface area contributed by atoms with Crippen molar-refractivity contribution in [1.82, 2.24) is 0 Å². The molecule has 2 rings (SSSR count). The zero-order chi connectivity index (χ0) is 12.8. The lowest BCUT2D eigenvalue weighted by Gasteiger charge is -2.07. The second-order valence-electron chi connectivity index (χ2n) is 4.60. The van der Waals surface area contributed by atoms with Gasteiger partial charge in [-0.1, -0.05) is 12.1 Å². The molecule has 6 heteroatoms. The highest BCUT2D eigenvalue weighted by Gasteiger charge is 2.67. The van der Waals surface area contributed by atoms with E-state index in [1.807, 2.05) is 0 Å². The lowest BCUT2D eigenvalue weighted by molar-refractivity contribution is 0.591. The van der Waals surface area contributed by atoms with Gasteiger partial charge in [-0.2, -0.15) is 0 Å². The second kappa shape index (κ2) is 3.76. The van der Waals surface area contributed by atoms with Crippen molar-refractivity contribution in [2.45, 2.75) is 16.7 Å². The predicted octanol–water partition coefficient (Wildman–Crippen LogP) is -0.00770. The van der Waals surface area contributed by atoms with Gasteiger partial charge in [-0.05, 0) is 17.7 Å². The maximum atomic E-state index is 12.8. The third-order valence-corrected chi connectivity index (χ3v) is 4.98. The van der Waals surface area contributed by atoms with Crippen molar-refractivity contribution in [3.8, 4) is 0 Å². The summed E-state index contributed by atoms with van der Waals surface area (Å²) in [4.78, 5) is 0. The molecule has 0 heterocycles. The predicted molar refractivity (Wildman–Crippen MR) is 63.7 cm³/mol. The van der Waals surface area contributed by atoms with E-state index in [-0.39, 0.29) is 18.3 Å². The SMILES string of the molecule is CS(=O)(=O)[C@@H]1[C@@H](c2ccc(F)cc2)[C@@]1(N)CN. The molecular formula is C11H15FN2O2S. The average Bonchev–Trinajstić information content (AvgIpc) is 2.87. The summed E-state index contributed by atoms with van der Waals surface area (Å²) in [5.74, 6) is -0.705. The summed E-state index contributed by atoms with van der Waals surface area (Å²) < 4.78 is 36.0. The van der Waals surface area contributed by atoms with E-state index in [1.165, 1.54) is 12.1 Å². The normalized spacial score (nSPS) is 32.5. The average molecular weight is 258 g/mol. The van der Waals surface area contributed by atoms with Crippen molar-refractivity contribution in [3.63, 3.8) is 0 Å². The number of hydrogen-bond acceptors (Lipinski definition) is 4. The summed E-state index contributed by atoms with van der Waals surface area (Å²) in [6.45, 7) is 0.0901. The van der Waals surface area contributed by atoms with E-state index in [0.29, 0.717) is 0 Å². The Morgan fingerprint density at radius 1 is 1.35 bits per heavy atom. The molecule has 0 aromatic heterocycles. The third-order valence-electron chi connectivity index (χ3n) is 3.35. The van der Waals surface area contributed by atoms with E-state index in [9.17, 15) is 12.8 Å². The van der Waals surface area contributed by atoms with E-state index in [1.54, 1.807) is 12.1 Å². The van der Waals surface area contributed by atoms with Crippen LogP contribution in [0.1, 0.15) is 11.5 Å². The van der Waals surface area contributed by atoms with Crippen molar-refractivity contribution < 1.29 is 12.8 Å². The van der Waals surface area contributed by atoms with Crippen LogP contribution in [0.5, 0.6) is 0 Å². The Balaban J connectivity index is 2.37. The summed E-state index contributed by atoms with van der Waals surface area (Å²) in [6.07, 6.45) is 1.15. The first-order chi connectivity index (χ1) is 7.80. The van der Waals surface area contributed by atoms with Crippen LogP contribution in [0.15, 0.2) is 24.3 Å². The molecule has 4 N–H and O–H groups in total. The van der Waals surface area contributed by atoms with E-state index in [0.717, 1.165) is 11.8 Å². The molecule has 0 radical (unpaired) electrons. The quantitative estimate of drug-likeness (QED) is 0.798. The van der Waals surface area contributed by atoms with Crippen LogP contribution in [0.2, 0.25) is 0 Å². The fourth-order valence-electron chi connectivity index (χ4n) is 2.47. The molecule has 0 amide bonds. The van der Waals surface area contributed by atoms with Gasteiger partial charge in [-0.25, -0.2) is 12.8 Å². The molecule has 0 bridgehead atoms. The Morgan fingerprint density at radius 3 is 2.24 bits per heavy atom. The third kappa shape index (κ3) is 1.96. The minimum Gasteiger partial charge on any atom is -0.329 e. The molecule has 94 valence electrons. The van der Waals surface area contributed by atoms with Gasteiger partial charge < -0.3 is 11.5 Å². The minimum absolute atomic E-state index is 0.0901. The topological polar surface area (TPSA) is 86.2 Å². The van der Waals surface area contributed by atoms with E-state index >= 15 is 0 Å². The molecule has 0 spiro atoms. The number of nitrogens with two attached hydrogens (primary N) is 2. The molecule has 3 atom stereocenters. The first kappa shape index (κ1) is 12.5. The van der Waals surface area contributed by atoms with Crippen molar-refractivity contribution in [1.29, 1.82) is 0 Å². The van der Waals surface area contributed by atoms with Crippen LogP contribution >= 0.6 is 0 Å². The molecule has 1 aromatic carbocycles. The van der Waals surface area contributed by atoms with Gasteiger partial charge in [0, 0.05) is 18.7 Å². The molecule has 0 unspecified atom stereocenters. The second-order valence-corrected chi connectivity index (χ2v) is 6.76. The molecule has 1 aliphatic carbocycles. The first-order valence-corrected chi connectivity index (χ1v) is 7.19. The Kier molecular flexibility index (Phi) is 2.76. The van der Waals surface area contributed by atoms with Gasteiger partial charge in [0.15, 0.2) is 9.84 Å². The molecule has 1 aliphatic rings.